The third-order valence-electron chi connectivity index (χ3n) is 3.96. The van der Waals surface area contributed by atoms with Gasteiger partial charge >= 0.3 is 0 Å². The first-order chi connectivity index (χ1) is 12.2. The van der Waals surface area contributed by atoms with Gasteiger partial charge < -0.3 is 15.2 Å². The first-order valence-electron chi connectivity index (χ1n) is 8.46. The van der Waals surface area contributed by atoms with Gasteiger partial charge in [-0.05, 0) is 30.2 Å². The molecule has 0 heterocycles. The first-order valence-corrected chi connectivity index (χ1v) is 8.46. The van der Waals surface area contributed by atoms with Gasteiger partial charge in [0.2, 0.25) is 0 Å². The van der Waals surface area contributed by atoms with Gasteiger partial charge in [-0.2, -0.15) is 0 Å². The minimum atomic E-state index is -0.183. The smallest absolute Gasteiger partial charge is 0.128 e. The van der Waals surface area contributed by atoms with Crippen LogP contribution in [-0.2, 0) is 13.2 Å². The number of ether oxygens (including phenoxy) is 2. The van der Waals surface area contributed by atoms with Crippen LogP contribution in [0.1, 0.15) is 29.7 Å². The second kappa shape index (κ2) is 8.36. The van der Waals surface area contributed by atoms with Crippen molar-refractivity contribution in [3.63, 3.8) is 0 Å². The molecule has 0 aliphatic carbocycles. The zero-order valence-electron chi connectivity index (χ0n) is 14.4. The van der Waals surface area contributed by atoms with Crippen LogP contribution in [0, 0.1) is 0 Å². The molecule has 0 radical (unpaired) electrons. The van der Waals surface area contributed by atoms with Crippen LogP contribution < -0.4 is 15.2 Å². The van der Waals surface area contributed by atoms with E-state index in [0.717, 1.165) is 28.2 Å². The van der Waals surface area contributed by atoms with E-state index in [1.807, 2.05) is 85.8 Å². The van der Waals surface area contributed by atoms with Crippen molar-refractivity contribution in [1.82, 2.24) is 0 Å². The molecule has 0 bridgehead atoms. The van der Waals surface area contributed by atoms with Crippen LogP contribution >= 0.6 is 0 Å². The number of hydrogen-bond donors (Lipinski definition) is 1. The summed E-state index contributed by atoms with van der Waals surface area (Å²) in [5, 5.41) is 0. The van der Waals surface area contributed by atoms with E-state index in [0.29, 0.717) is 13.2 Å². The van der Waals surface area contributed by atoms with Crippen molar-refractivity contribution in [2.45, 2.75) is 26.2 Å². The summed E-state index contributed by atoms with van der Waals surface area (Å²) in [6, 6.07) is 25.8. The van der Waals surface area contributed by atoms with Crippen molar-refractivity contribution in [1.29, 1.82) is 0 Å². The van der Waals surface area contributed by atoms with Gasteiger partial charge in [0.05, 0.1) is 5.56 Å². The van der Waals surface area contributed by atoms with Crippen LogP contribution in [0.5, 0.6) is 11.5 Å². The van der Waals surface area contributed by atoms with E-state index in [2.05, 4.69) is 0 Å². The number of benzene rings is 3. The molecule has 0 aliphatic heterocycles. The predicted octanol–water partition coefficient (Wildman–Crippen LogP) is 4.86. The van der Waals surface area contributed by atoms with Crippen molar-refractivity contribution in [3.8, 4) is 11.5 Å². The maximum Gasteiger partial charge on any atom is 0.128 e. The fourth-order valence-electron chi connectivity index (χ4n) is 2.70. The lowest BCUT2D eigenvalue weighted by molar-refractivity contribution is 0.281. The molecular formula is C22H23NO2. The van der Waals surface area contributed by atoms with E-state index in [9.17, 15) is 0 Å². The highest BCUT2D eigenvalue weighted by molar-refractivity contribution is 5.47. The average molecular weight is 333 g/mol. The molecule has 3 aromatic carbocycles. The molecular weight excluding hydrogens is 310 g/mol. The highest BCUT2D eigenvalue weighted by Crippen LogP contribution is 2.34. The van der Waals surface area contributed by atoms with Gasteiger partial charge in [-0.1, -0.05) is 66.7 Å². The first kappa shape index (κ1) is 17.1. The fraction of sp³-hybridized carbons (Fsp3) is 0.182. The Balaban J connectivity index is 1.76. The van der Waals surface area contributed by atoms with Crippen LogP contribution in [0.3, 0.4) is 0 Å². The molecule has 1 unspecified atom stereocenters. The molecule has 0 aliphatic rings. The average Bonchev–Trinajstić information content (AvgIpc) is 2.66. The molecule has 2 N–H and O–H groups in total. The third kappa shape index (κ3) is 4.61. The van der Waals surface area contributed by atoms with Crippen molar-refractivity contribution in [2.24, 2.45) is 5.73 Å². The lowest BCUT2D eigenvalue weighted by Gasteiger charge is -2.18. The highest BCUT2D eigenvalue weighted by atomic mass is 16.5. The van der Waals surface area contributed by atoms with Gasteiger partial charge in [0.1, 0.15) is 24.7 Å². The van der Waals surface area contributed by atoms with Gasteiger partial charge in [-0.15, -0.1) is 0 Å². The molecule has 0 amide bonds. The largest absolute Gasteiger partial charge is 0.488 e. The Kier molecular flexibility index (Phi) is 5.70. The normalized spacial score (nSPS) is 11.8. The van der Waals surface area contributed by atoms with Crippen LogP contribution in [0.15, 0.2) is 78.9 Å². The van der Waals surface area contributed by atoms with Crippen LogP contribution in [-0.4, -0.2) is 0 Å². The molecule has 25 heavy (non-hydrogen) atoms. The summed E-state index contributed by atoms with van der Waals surface area (Å²) in [5.41, 5.74) is 9.33. The Hall–Kier alpha value is -2.78. The molecule has 0 spiro atoms. The summed E-state index contributed by atoms with van der Waals surface area (Å²) in [6.45, 7) is 2.95. The quantitative estimate of drug-likeness (QED) is 0.671. The van der Waals surface area contributed by atoms with E-state index >= 15 is 0 Å². The second-order valence-corrected chi connectivity index (χ2v) is 6.01. The Morgan fingerprint density at radius 1 is 0.680 bits per heavy atom. The van der Waals surface area contributed by atoms with Crippen molar-refractivity contribution in [2.75, 3.05) is 0 Å². The molecule has 3 aromatic rings. The van der Waals surface area contributed by atoms with E-state index in [1.54, 1.807) is 0 Å². The topological polar surface area (TPSA) is 44.5 Å². The zero-order valence-corrected chi connectivity index (χ0v) is 14.4. The van der Waals surface area contributed by atoms with Crippen LogP contribution in [0.4, 0.5) is 0 Å². The summed E-state index contributed by atoms with van der Waals surface area (Å²) in [5.74, 6) is 1.54. The number of hydrogen-bond acceptors (Lipinski definition) is 3. The third-order valence-corrected chi connectivity index (χ3v) is 3.96. The van der Waals surface area contributed by atoms with Crippen molar-refractivity contribution >= 4 is 0 Å². The molecule has 128 valence electrons. The second-order valence-electron chi connectivity index (χ2n) is 6.01. The molecule has 3 rings (SSSR count). The maximum atomic E-state index is 6.19. The van der Waals surface area contributed by atoms with E-state index in [-0.39, 0.29) is 6.04 Å². The van der Waals surface area contributed by atoms with Gasteiger partial charge in [0, 0.05) is 6.04 Å². The van der Waals surface area contributed by atoms with Gasteiger partial charge in [-0.25, -0.2) is 0 Å². The summed E-state index contributed by atoms with van der Waals surface area (Å²) in [4.78, 5) is 0. The van der Waals surface area contributed by atoms with Gasteiger partial charge in [0.15, 0.2) is 0 Å². The molecule has 1 atom stereocenters. The maximum absolute atomic E-state index is 6.19. The fourth-order valence-corrected chi connectivity index (χ4v) is 2.70. The number of nitrogens with two attached hydrogens (primary N) is 1. The van der Waals surface area contributed by atoms with Gasteiger partial charge in [-0.3, -0.25) is 0 Å². The summed E-state index contributed by atoms with van der Waals surface area (Å²) >= 11 is 0. The molecule has 0 saturated carbocycles. The lowest BCUT2D eigenvalue weighted by atomic mass is 10.1. The Labute approximate surface area is 149 Å². The van der Waals surface area contributed by atoms with E-state index in [4.69, 9.17) is 15.2 Å². The summed E-state index contributed by atoms with van der Waals surface area (Å²) in [7, 11) is 0. The predicted molar refractivity (Wildman–Crippen MR) is 101 cm³/mol. The van der Waals surface area contributed by atoms with Crippen LogP contribution in [0.2, 0.25) is 0 Å². The molecule has 0 aromatic heterocycles. The van der Waals surface area contributed by atoms with Crippen molar-refractivity contribution < 1.29 is 9.47 Å². The minimum absolute atomic E-state index is 0.183. The van der Waals surface area contributed by atoms with Gasteiger partial charge in [0.25, 0.3) is 0 Å². The highest BCUT2D eigenvalue weighted by Gasteiger charge is 2.15. The minimum Gasteiger partial charge on any atom is -0.488 e. The molecule has 3 nitrogen and oxygen atoms in total. The standard InChI is InChI=1S/C22H23NO2/c1-17(23)22-20(24-15-18-9-4-2-5-10-18)13-8-14-21(22)25-16-19-11-6-3-7-12-19/h2-14,17H,15-16,23H2,1H3. The summed E-state index contributed by atoms with van der Waals surface area (Å²) < 4.78 is 12.0. The Bertz CT molecular complexity index is 724. The van der Waals surface area contributed by atoms with E-state index < -0.39 is 0 Å². The molecule has 3 heteroatoms. The summed E-state index contributed by atoms with van der Waals surface area (Å²) in [6.07, 6.45) is 0. The molecule has 0 fully saturated rings. The van der Waals surface area contributed by atoms with E-state index in [1.165, 1.54) is 0 Å². The Morgan fingerprint density at radius 2 is 1.12 bits per heavy atom. The Morgan fingerprint density at radius 3 is 1.52 bits per heavy atom. The van der Waals surface area contributed by atoms with Crippen molar-refractivity contribution in [3.05, 3.63) is 95.6 Å². The zero-order chi connectivity index (χ0) is 17.5. The lowest BCUT2D eigenvalue weighted by Crippen LogP contribution is -2.11. The number of rotatable bonds is 7. The monoisotopic (exact) mass is 333 g/mol. The molecule has 0 saturated heterocycles. The van der Waals surface area contributed by atoms with Crippen LogP contribution in [0.25, 0.3) is 0 Å². The SMILES string of the molecule is CC(N)c1c(OCc2ccccc2)cccc1OCc1ccccc1.